The van der Waals surface area contributed by atoms with E-state index in [0.29, 0.717) is 12.0 Å². The summed E-state index contributed by atoms with van der Waals surface area (Å²) in [6.45, 7) is 3.97. The highest BCUT2D eigenvalue weighted by molar-refractivity contribution is 5.91. The molecule has 0 saturated heterocycles. The molecule has 0 aliphatic carbocycles. The fraction of sp³-hybridized carbons (Fsp3) is 0.375. The summed E-state index contributed by atoms with van der Waals surface area (Å²) >= 11 is 0. The normalized spacial score (nSPS) is 12.6. The molecule has 1 unspecified atom stereocenters. The van der Waals surface area contributed by atoms with Crippen LogP contribution in [0, 0.1) is 17.7 Å². The van der Waals surface area contributed by atoms with Gasteiger partial charge in [-0.2, -0.15) is 0 Å². The number of carboxylic acids is 1. The molecule has 0 aliphatic heterocycles. The maximum atomic E-state index is 12.7. The van der Waals surface area contributed by atoms with Crippen molar-refractivity contribution in [3.8, 4) is 0 Å². The second-order valence-corrected chi connectivity index (χ2v) is 5.29. The lowest BCUT2D eigenvalue weighted by Gasteiger charge is -2.14. The Morgan fingerprint density at radius 2 is 1.90 bits per heavy atom. The summed E-state index contributed by atoms with van der Waals surface area (Å²) in [4.78, 5) is 22.7. The van der Waals surface area contributed by atoms with Crippen LogP contribution in [0.5, 0.6) is 0 Å². The monoisotopic (exact) mass is 293 g/mol. The Hall–Kier alpha value is -2.17. The van der Waals surface area contributed by atoms with Gasteiger partial charge in [-0.3, -0.25) is 9.59 Å². The maximum absolute atomic E-state index is 12.7. The lowest BCUT2D eigenvalue weighted by atomic mass is 9.97. The van der Waals surface area contributed by atoms with E-state index in [2.05, 4.69) is 5.32 Å². The number of amides is 1. The standard InChI is InChI=1S/C16H20FNO3/c1-11(2)9-13(16(20)21)10-18-15(19)8-5-12-3-6-14(17)7-4-12/h3-8,11,13H,9-10H2,1-2H3,(H,18,19)(H,20,21)/b8-5+. The summed E-state index contributed by atoms with van der Waals surface area (Å²) in [5.74, 6) is -1.96. The second-order valence-electron chi connectivity index (χ2n) is 5.29. The average Bonchev–Trinajstić information content (AvgIpc) is 2.42. The smallest absolute Gasteiger partial charge is 0.308 e. The van der Waals surface area contributed by atoms with Crippen molar-refractivity contribution in [1.29, 1.82) is 0 Å². The van der Waals surface area contributed by atoms with E-state index in [1.54, 1.807) is 18.2 Å². The molecule has 4 nitrogen and oxygen atoms in total. The largest absolute Gasteiger partial charge is 0.481 e. The van der Waals surface area contributed by atoms with E-state index in [9.17, 15) is 14.0 Å². The third-order valence-electron chi connectivity index (χ3n) is 2.93. The summed E-state index contributed by atoms with van der Waals surface area (Å²) in [5.41, 5.74) is 0.698. The van der Waals surface area contributed by atoms with Crippen molar-refractivity contribution in [3.63, 3.8) is 0 Å². The number of hydrogen-bond acceptors (Lipinski definition) is 2. The number of rotatable bonds is 7. The van der Waals surface area contributed by atoms with Gasteiger partial charge in [0.2, 0.25) is 5.91 Å². The van der Waals surface area contributed by atoms with Crippen molar-refractivity contribution < 1.29 is 19.1 Å². The van der Waals surface area contributed by atoms with Crippen LogP contribution in [0.2, 0.25) is 0 Å². The molecule has 1 amide bonds. The van der Waals surface area contributed by atoms with Crippen LogP contribution >= 0.6 is 0 Å². The molecule has 1 atom stereocenters. The van der Waals surface area contributed by atoms with Gasteiger partial charge in [0.15, 0.2) is 0 Å². The number of halogens is 1. The molecule has 2 N–H and O–H groups in total. The summed E-state index contributed by atoms with van der Waals surface area (Å²) in [7, 11) is 0. The fourth-order valence-electron chi connectivity index (χ4n) is 1.87. The van der Waals surface area contributed by atoms with Crippen molar-refractivity contribution >= 4 is 18.0 Å². The third kappa shape index (κ3) is 6.70. The van der Waals surface area contributed by atoms with Crippen LogP contribution in [0.4, 0.5) is 4.39 Å². The fourth-order valence-corrected chi connectivity index (χ4v) is 1.87. The number of aliphatic carboxylic acids is 1. The predicted octanol–water partition coefficient (Wildman–Crippen LogP) is 2.70. The summed E-state index contributed by atoms with van der Waals surface area (Å²) < 4.78 is 12.7. The number of nitrogens with one attached hydrogen (secondary N) is 1. The Morgan fingerprint density at radius 1 is 1.29 bits per heavy atom. The zero-order valence-electron chi connectivity index (χ0n) is 12.2. The van der Waals surface area contributed by atoms with Crippen molar-refractivity contribution in [2.45, 2.75) is 20.3 Å². The molecule has 0 bridgehead atoms. The molecule has 0 heterocycles. The molecule has 1 aromatic carbocycles. The molecule has 0 aromatic heterocycles. The first kappa shape index (κ1) is 16.9. The lowest BCUT2D eigenvalue weighted by Crippen LogP contribution is -2.32. The molecular formula is C16H20FNO3. The average molecular weight is 293 g/mol. The molecular weight excluding hydrogens is 273 g/mol. The maximum Gasteiger partial charge on any atom is 0.308 e. The van der Waals surface area contributed by atoms with Crippen LogP contribution < -0.4 is 5.32 Å². The topological polar surface area (TPSA) is 66.4 Å². The molecule has 0 spiro atoms. The zero-order valence-corrected chi connectivity index (χ0v) is 12.2. The molecule has 0 radical (unpaired) electrons. The molecule has 0 saturated carbocycles. The minimum Gasteiger partial charge on any atom is -0.481 e. The number of carboxylic acid groups (broad SMARTS) is 1. The Morgan fingerprint density at radius 3 is 2.43 bits per heavy atom. The molecule has 0 fully saturated rings. The van der Waals surface area contributed by atoms with Crippen LogP contribution in [-0.4, -0.2) is 23.5 Å². The van der Waals surface area contributed by atoms with Crippen LogP contribution in [0.3, 0.4) is 0 Å². The Bertz CT molecular complexity index is 509. The van der Waals surface area contributed by atoms with E-state index < -0.39 is 11.9 Å². The van der Waals surface area contributed by atoms with E-state index in [4.69, 9.17) is 5.11 Å². The van der Waals surface area contributed by atoms with E-state index in [-0.39, 0.29) is 24.2 Å². The van der Waals surface area contributed by atoms with Gasteiger partial charge in [0, 0.05) is 12.6 Å². The first-order chi connectivity index (χ1) is 9.88. The molecule has 114 valence electrons. The summed E-state index contributed by atoms with van der Waals surface area (Å²) in [5, 5.41) is 11.6. The first-order valence-electron chi connectivity index (χ1n) is 6.82. The van der Waals surface area contributed by atoms with Crippen molar-refractivity contribution in [2.24, 2.45) is 11.8 Å². The first-order valence-corrected chi connectivity index (χ1v) is 6.82. The Kier molecular flexibility index (Phi) is 6.59. The van der Waals surface area contributed by atoms with Crippen molar-refractivity contribution in [1.82, 2.24) is 5.32 Å². The Balaban J connectivity index is 2.49. The van der Waals surface area contributed by atoms with Gasteiger partial charge in [-0.05, 0) is 36.1 Å². The summed E-state index contributed by atoms with van der Waals surface area (Å²) in [6, 6.07) is 5.72. The van der Waals surface area contributed by atoms with E-state index in [0.717, 1.165) is 0 Å². The van der Waals surface area contributed by atoms with Crippen molar-refractivity contribution in [2.75, 3.05) is 6.54 Å². The predicted molar refractivity (Wildman–Crippen MR) is 79.0 cm³/mol. The van der Waals surface area contributed by atoms with Crippen LogP contribution in [0.25, 0.3) is 6.08 Å². The van der Waals surface area contributed by atoms with Gasteiger partial charge in [-0.1, -0.05) is 26.0 Å². The van der Waals surface area contributed by atoms with E-state index in [1.807, 2.05) is 13.8 Å². The lowest BCUT2D eigenvalue weighted by molar-refractivity contribution is -0.142. The molecule has 0 aliphatic rings. The second kappa shape index (κ2) is 8.19. The van der Waals surface area contributed by atoms with Gasteiger partial charge < -0.3 is 10.4 Å². The SMILES string of the molecule is CC(C)CC(CNC(=O)/C=C/c1ccc(F)cc1)C(=O)O. The molecule has 5 heteroatoms. The number of benzene rings is 1. The molecule has 1 aromatic rings. The number of hydrogen-bond donors (Lipinski definition) is 2. The third-order valence-corrected chi connectivity index (χ3v) is 2.93. The summed E-state index contributed by atoms with van der Waals surface area (Å²) in [6.07, 6.45) is 3.37. The quantitative estimate of drug-likeness (QED) is 0.760. The highest BCUT2D eigenvalue weighted by Gasteiger charge is 2.19. The number of carbonyl (C=O) groups excluding carboxylic acids is 1. The van der Waals surface area contributed by atoms with Crippen LogP contribution in [-0.2, 0) is 9.59 Å². The van der Waals surface area contributed by atoms with Gasteiger partial charge in [0.25, 0.3) is 0 Å². The molecule has 1 rings (SSSR count). The van der Waals surface area contributed by atoms with Gasteiger partial charge >= 0.3 is 5.97 Å². The van der Waals surface area contributed by atoms with Gasteiger partial charge in [-0.15, -0.1) is 0 Å². The van der Waals surface area contributed by atoms with Crippen LogP contribution in [0.1, 0.15) is 25.8 Å². The van der Waals surface area contributed by atoms with E-state index >= 15 is 0 Å². The van der Waals surface area contributed by atoms with Gasteiger partial charge in [0.1, 0.15) is 5.82 Å². The van der Waals surface area contributed by atoms with Gasteiger partial charge in [0.05, 0.1) is 5.92 Å². The van der Waals surface area contributed by atoms with Crippen LogP contribution in [0.15, 0.2) is 30.3 Å². The highest BCUT2D eigenvalue weighted by Crippen LogP contribution is 2.11. The minimum absolute atomic E-state index is 0.0973. The zero-order chi connectivity index (χ0) is 15.8. The van der Waals surface area contributed by atoms with E-state index in [1.165, 1.54) is 18.2 Å². The molecule has 21 heavy (non-hydrogen) atoms. The number of carbonyl (C=O) groups is 2. The minimum atomic E-state index is -0.911. The Labute approximate surface area is 123 Å². The highest BCUT2D eigenvalue weighted by atomic mass is 19.1. The van der Waals surface area contributed by atoms with Gasteiger partial charge in [-0.25, -0.2) is 4.39 Å². The van der Waals surface area contributed by atoms with Crippen molar-refractivity contribution in [3.05, 3.63) is 41.7 Å².